The molecule has 0 spiro atoms. The van der Waals surface area contributed by atoms with Gasteiger partial charge in [-0.3, -0.25) is 14.6 Å². The van der Waals surface area contributed by atoms with Crippen molar-refractivity contribution in [3.05, 3.63) is 65.4 Å². The third-order valence-electron chi connectivity index (χ3n) is 5.07. The first-order chi connectivity index (χ1) is 13.6. The van der Waals surface area contributed by atoms with Crippen molar-refractivity contribution in [2.24, 2.45) is 0 Å². The van der Waals surface area contributed by atoms with Gasteiger partial charge in [-0.2, -0.15) is 0 Å². The molecule has 0 saturated carbocycles. The second-order valence-corrected chi connectivity index (χ2v) is 7.24. The van der Waals surface area contributed by atoms with E-state index in [4.69, 9.17) is 11.6 Å². The van der Waals surface area contributed by atoms with Gasteiger partial charge in [-0.1, -0.05) is 29.8 Å². The summed E-state index contributed by atoms with van der Waals surface area (Å²) in [6, 6.07) is 13.3. The number of anilines is 1. The van der Waals surface area contributed by atoms with Crippen molar-refractivity contribution in [3.8, 4) is 0 Å². The molecule has 0 bridgehead atoms. The van der Waals surface area contributed by atoms with E-state index in [0.29, 0.717) is 29.8 Å². The number of amides is 2. The molecule has 0 radical (unpaired) electrons. The van der Waals surface area contributed by atoms with E-state index in [1.54, 1.807) is 17.0 Å². The molecule has 142 valence electrons. The number of benzene rings is 1. The zero-order valence-corrected chi connectivity index (χ0v) is 15.9. The largest absolute Gasteiger partial charge is 0.334 e. The fraction of sp³-hybridized carbons (Fsp3) is 0.238. The third-order valence-corrected chi connectivity index (χ3v) is 5.29. The van der Waals surface area contributed by atoms with Gasteiger partial charge >= 0.3 is 11.8 Å². The number of hydrogen-bond acceptors (Lipinski definition) is 4. The van der Waals surface area contributed by atoms with E-state index in [-0.39, 0.29) is 0 Å². The van der Waals surface area contributed by atoms with E-state index >= 15 is 0 Å². The summed E-state index contributed by atoms with van der Waals surface area (Å²) in [5.41, 5.74) is 2.24. The number of aromatic nitrogens is 2. The zero-order valence-electron chi connectivity index (χ0n) is 15.1. The van der Waals surface area contributed by atoms with Gasteiger partial charge in [-0.05, 0) is 48.6 Å². The van der Waals surface area contributed by atoms with Gasteiger partial charge in [0.1, 0.15) is 5.82 Å². The van der Waals surface area contributed by atoms with Gasteiger partial charge in [0.25, 0.3) is 0 Å². The van der Waals surface area contributed by atoms with Crippen molar-refractivity contribution in [2.75, 3.05) is 18.4 Å². The fourth-order valence-corrected chi connectivity index (χ4v) is 3.74. The Morgan fingerprint density at radius 3 is 2.57 bits per heavy atom. The van der Waals surface area contributed by atoms with Gasteiger partial charge in [-0.25, -0.2) is 4.98 Å². The molecule has 1 N–H and O–H groups in total. The van der Waals surface area contributed by atoms with Crippen LogP contribution in [0.4, 0.5) is 5.82 Å². The molecule has 1 aliphatic rings. The van der Waals surface area contributed by atoms with E-state index < -0.39 is 11.8 Å². The Labute approximate surface area is 167 Å². The summed E-state index contributed by atoms with van der Waals surface area (Å²) in [6.45, 7) is 1.09. The molecule has 7 heteroatoms. The van der Waals surface area contributed by atoms with Crippen LogP contribution in [-0.2, 0) is 9.59 Å². The van der Waals surface area contributed by atoms with E-state index in [1.807, 2.05) is 24.4 Å². The molecule has 1 fully saturated rings. The highest BCUT2D eigenvalue weighted by atomic mass is 35.5. The maximum absolute atomic E-state index is 12.5. The smallest absolute Gasteiger partial charge is 0.315 e. The number of piperidine rings is 1. The molecule has 0 atom stereocenters. The predicted molar refractivity (Wildman–Crippen MR) is 108 cm³/mol. The monoisotopic (exact) mass is 394 g/mol. The number of carbonyl (C=O) groups excluding carboxylic acids is 2. The van der Waals surface area contributed by atoms with Crippen molar-refractivity contribution in [1.82, 2.24) is 14.9 Å². The quantitative estimate of drug-likeness (QED) is 0.673. The number of carbonyl (C=O) groups is 2. The molecule has 0 unspecified atom stereocenters. The van der Waals surface area contributed by atoms with E-state index in [2.05, 4.69) is 27.4 Å². The molecule has 3 heterocycles. The highest BCUT2D eigenvalue weighted by molar-refractivity contribution is 6.39. The molecule has 6 nitrogen and oxygen atoms in total. The summed E-state index contributed by atoms with van der Waals surface area (Å²) in [6.07, 6.45) is 4.88. The average Bonchev–Trinajstić information content (AvgIpc) is 2.74. The zero-order chi connectivity index (χ0) is 19.5. The Morgan fingerprint density at radius 1 is 1.04 bits per heavy atom. The molecular formula is C21H19ClN4O2. The molecule has 1 saturated heterocycles. The highest BCUT2D eigenvalue weighted by Crippen LogP contribution is 2.32. The van der Waals surface area contributed by atoms with Gasteiger partial charge in [0.05, 0.1) is 10.5 Å². The lowest BCUT2D eigenvalue weighted by Crippen LogP contribution is -2.43. The summed E-state index contributed by atoms with van der Waals surface area (Å²) in [7, 11) is 0. The van der Waals surface area contributed by atoms with E-state index in [9.17, 15) is 9.59 Å². The minimum absolute atomic E-state index is 0.306. The van der Waals surface area contributed by atoms with Crippen molar-refractivity contribution in [3.63, 3.8) is 0 Å². The minimum Gasteiger partial charge on any atom is -0.334 e. The molecule has 1 aromatic carbocycles. The Hall–Kier alpha value is -2.99. The van der Waals surface area contributed by atoms with E-state index in [0.717, 1.165) is 23.7 Å². The highest BCUT2D eigenvalue weighted by Gasteiger charge is 2.28. The molecule has 4 rings (SSSR count). The Kier molecular flexibility index (Phi) is 5.21. The molecule has 28 heavy (non-hydrogen) atoms. The molecular weight excluding hydrogens is 376 g/mol. The number of likely N-dealkylation sites (tertiary alicyclic amines) is 1. The number of para-hydroxylation sites is 1. The number of fused-ring (bicyclic) bond motifs is 1. The standard InChI is InChI=1S/C21H19ClN4O2/c22-15-5-6-19(24-13-15)25-20(27)21(28)26-11-8-14(9-12-26)16-7-10-23-18-4-2-1-3-17(16)18/h1-7,10,13-14H,8-9,11-12H2,(H,24,25,27). The summed E-state index contributed by atoms with van der Waals surface area (Å²) in [5.74, 6) is -0.559. The van der Waals surface area contributed by atoms with Crippen LogP contribution in [0.5, 0.6) is 0 Å². The predicted octanol–water partition coefficient (Wildman–Crippen LogP) is 3.63. The topological polar surface area (TPSA) is 75.2 Å². The van der Waals surface area contributed by atoms with Crippen LogP contribution in [-0.4, -0.2) is 39.8 Å². The lowest BCUT2D eigenvalue weighted by atomic mass is 9.87. The minimum atomic E-state index is -0.678. The Morgan fingerprint density at radius 2 is 1.82 bits per heavy atom. The summed E-state index contributed by atoms with van der Waals surface area (Å²) in [4.78, 5) is 34.7. The van der Waals surface area contributed by atoms with E-state index in [1.165, 1.54) is 11.8 Å². The number of nitrogens with one attached hydrogen (secondary N) is 1. The van der Waals surface area contributed by atoms with Crippen LogP contribution in [0.2, 0.25) is 5.02 Å². The second kappa shape index (κ2) is 7.94. The van der Waals surface area contributed by atoms with Crippen LogP contribution < -0.4 is 5.32 Å². The SMILES string of the molecule is O=C(Nc1ccc(Cl)cn1)C(=O)N1CCC(c2ccnc3ccccc23)CC1. The normalized spacial score (nSPS) is 14.8. The van der Waals surface area contributed by atoms with Crippen LogP contribution in [0.15, 0.2) is 54.9 Å². The lowest BCUT2D eigenvalue weighted by Gasteiger charge is -2.32. The molecule has 0 aliphatic carbocycles. The van der Waals surface area contributed by atoms with Gasteiger partial charge in [-0.15, -0.1) is 0 Å². The Balaban J connectivity index is 1.40. The molecule has 2 amide bonds. The second-order valence-electron chi connectivity index (χ2n) is 6.80. The number of hydrogen-bond donors (Lipinski definition) is 1. The van der Waals surface area contributed by atoms with Crippen molar-refractivity contribution in [2.45, 2.75) is 18.8 Å². The van der Waals surface area contributed by atoms with Crippen molar-refractivity contribution in [1.29, 1.82) is 0 Å². The number of halogens is 1. The first-order valence-corrected chi connectivity index (χ1v) is 9.55. The van der Waals surface area contributed by atoms with Gasteiger partial charge < -0.3 is 10.2 Å². The lowest BCUT2D eigenvalue weighted by molar-refractivity contribution is -0.143. The summed E-state index contributed by atoms with van der Waals surface area (Å²) in [5, 5.41) is 4.15. The Bertz CT molecular complexity index is 1010. The van der Waals surface area contributed by atoms with Gasteiger partial charge in [0, 0.05) is 30.9 Å². The van der Waals surface area contributed by atoms with Crippen LogP contribution in [0.1, 0.15) is 24.3 Å². The van der Waals surface area contributed by atoms with Crippen molar-refractivity contribution < 1.29 is 9.59 Å². The number of rotatable bonds is 2. The average molecular weight is 395 g/mol. The first kappa shape index (κ1) is 18.4. The third kappa shape index (κ3) is 3.82. The summed E-state index contributed by atoms with van der Waals surface area (Å²) < 4.78 is 0. The van der Waals surface area contributed by atoms with Gasteiger partial charge in [0.15, 0.2) is 0 Å². The maximum Gasteiger partial charge on any atom is 0.315 e. The van der Waals surface area contributed by atoms with Crippen LogP contribution in [0.3, 0.4) is 0 Å². The maximum atomic E-state index is 12.5. The molecule has 2 aromatic heterocycles. The van der Waals surface area contributed by atoms with Crippen LogP contribution in [0, 0.1) is 0 Å². The number of pyridine rings is 2. The fourth-order valence-electron chi connectivity index (χ4n) is 3.63. The van der Waals surface area contributed by atoms with Gasteiger partial charge in [0.2, 0.25) is 0 Å². The van der Waals surface area contributed by atoms with Crippen LogP contribution in [0.25, 0.3) is 10.9 Å². The molecule has 3 aromatic rings. The summed E-state index contributed by atoms with van der Waals surface area (Å²) >= 11 is 5.78. The first-order valence-electron chi connectivity index (χ1n) is 9.17. The number of nitrogens with zero attached hydrogens (tertiary/aromatic N) is 3. The molecule has 1 aliphatic heterocycles. The van der Waals surface area contributed by atoms with Crippen molar-refractivity contribution >= 4 is 40.1 Å². The van der Waals surface area contributed by atoms with Crippen LogP contribution >= 0.6 is 11.6 Å².